The first-order valence-electron chi connectivity index (χ1n) is 5.25. The van der Waals surface area contributed by atoms with Gasteiger partial charge in [0.1, 0.15) is 17.4 Å². The molecule has 0 unspecified atom stereocenters. The summed E-state index contributed by atoms with van der Waals surface area (Å²) in [6, 6.07) is 9.41. The van der Waals surface area contributed by atoms with Gasteiger partial charge < -0.3 is 15.8 Å². The molecule has 1 aromatic carbocycles. The van der Waals surface area contributed by atoms with Crippen LogP contribution in [0, 0.1) is 0 Å². The van der Waals surface area contributed by atoms with Crippen molar-refractivity contribution in [3.63, 3.8) is 0 Å². The van der Waals surface area contributed by atoms with Gasteiger partial charge in [-0.1, -0.05) is 6.07 Å². The van der Waals surface area contributed by atoms with E-state index < -0.39 is 0 Å². The molecule has 0 aliphatic heterocycles. The number of benzene rings is 1. The second kappa shape index (κ2) is 5.27. The first-order chi connectivity index (χ1) is 8.31. The molecule has 0 saturated carbocycles. The lowest BCUT2D eigenvalue weighted by atomic mass is 10.3. The van der Waals surface area contributed by atoms with Gasteiger partial charge in [-0.3, -0.25) is 0 Å². The summed E-state index contributed by atoms with van der Waals surface area (Å²) in [5, 5.41) is 3.17. The van der Waals surface area contributed by atoms with Crippen LogP contribution in [0.3, 0.4) is 0 Å². The number of ether oxygens (including phenoxy) is 1. The highest BCUT2D eigenvalue weighted by molar-refractivity contribution is 5.57. The smallest absolute Gasteiger partial charge is 0.144 e. The van der Waals surface area contributed by atoms with Crippen LogP contribution in [-0.4, -0.2) is 17.1 Å². The van der Waals surface area contributed by atoms with Gasteiger partial charge in [0.15, 0.2) is 0 Å². The van der Waals surface area contributed by atoms with Crippen LogP contribution in [0.25, 0.3) is 0 Å². The molecule has 2 rings (SSSR count). The zero-order valence-electron chi connectivity index (χ0n) is 9.55. The maximum absolute atomic E-state index is 5.48. The highest BCUT2D eigenvalue weighted by atomic mass is 16.5. The number of methoxy groups -OCH3 is 1. The van der Waals surface area contributed by atoms with Crippen LogP contribution in [0.1, 0.15) is 5.82 Å². The zero-order chi connectivity index (χ0) is 12.1. The van der Waals surface area contributed by atoms with Gasteiger partial charge in [0, 0.05) is 18.0 Å². The molecule has 88 valence electrons. The van der Waals surface area contributed by atoms with E-state index >= 15 is 0 Å². The van der Waals surface area contributed by atoms with Gasteiger partial charge in [-0.05, 0) is 18.2 Å². The quantitative estimate of drug-likeness (QED) is 0.836. The van der Waals surface area contributed by atoms with E-state index in [1.54, 1.807) is 19.4 Å². The Labute approximate surface area is 99.7 Å². The van der Waals surface area contributed by atoms with E-state index in [2.05, 4.69) is 15.3 Å². The predicted molar refractivity (Wildman–Crippen MR) is 66.2 cm³/mol. The van der Waals surface area contributed by atoms with Crippen molar-refractivity contribution in [3.8, 4) is 5.75 Å². The molecule has 3 N–H and O–H groups in total. The third kappa shape index (κ3) is 2.92. The number of anilines is 2. The molecule has 0 radical (unpaired) electrons. The second-order valence-electron chi connectivity index (χ2n) is 3.42. The Morgan fingerprint density at radius 3 is 3.00 bits per heavy atom. The molecule has 5 nitrogen and oxygen atoms in total. The number of hydrogen-bond donors (Lipinski definition) is 2. The average Bonchev–Trinajstić information content (AvgIpc) is 2.39. The van der Waals surface area contributed by atoms with Crippen molar-refractivity contribution in [1.82, 2.24) is 9.97 Å². The first-order valence-corrected chi connectivity index (χ1v) is 5.25. The standard InChI is InChI=1S/C12H14N4O/c1-17-10-4-2-3-9(7-10)15-11-5-6-14-12(8-13)16-11/h2-7H,8,13H2,1H3,(H,14,15,16). The minimum atomic E-state index is 0.327. The van der Waals surface area contributed by atoms with Crippen molar-refractivity contribution in [2.24, 2.45) is 5.73 Å². The molecule has 0 bridgehead atoms. The van der Waals surface area contributed by atoms with Crippen molar-refractivity contribution in [2.75, 3.05) is 12.4 Å². The summed E-state index contributed by atoms with van der Waals surface area (Å²) < 4.78 is 5.14. The highest BCUT2D eigenvalue weighted by Gasteiger charge is 1.99. The van der Waals surface area contributed by atoms with Gasteiger partial charge in [-0.15, -0.1) is 0 Å². The van der Waals surface area contributed by atoms with E-state index in [1.807, 2.05) is 24.3 Å². The normalized spacial score (nSPS) is 10.0. The molecule has 0 spiro atoms. The van der Waals surface area contributed by atoms with Crippen molar-refractivity contribution in [1.29, 1.82) is 0 Å². The lowest BCUT2D eigenvalue weighted by Gasteiger charge is -2.07. The average molecular weight is 230 g/mol. The molecular formula is C12H14N4O. The van der Waals surface area contributed by atoms with E-state index in [1.165, 1.54) is 0 Å². The van der Waals surface area contributed by atoms with E-state index in [0.717, 1.165) is 11.4 Å². The number of rotatable bonds is 4. The maximum Gasteiger partial charge on any atom is 0.144 e. The Balaban J connectivity index is 2.18. The number of nitrogens with two attached hydrogens (primary N) is 1. The van der Waals surface area contributed by atoms with Gasteiger partial charge in [0.25, 0.3) is 0 Å². The fourth-order valence-corrected chi connectivity index (χ4v) is 1.42. The summed E-state index contributed by atoms with van der Waals surface area (Å²) in [6.07, 6.45) is 1.68. The predicted octanol–water partition coefficient (Wildman–Crippen LogP) is 1.69. The SMILES string of the molecule is COc1cccc(Nc2ccnc(CN)n2)c1. The van der Waals surface area contributed by atoms with Crippen LogP contribution >= 0.6 is 0 Å². The summed E-state index contributed by atoms with van der Waals surface area (Å²) in [5.74, 6) is 2.12. The van der Waals surface area contributed by atoms with E-state index in [4.69, 9.17) is 10.5 Å². The van der Waals surface area contributed by atoms with Crippen LogP contribution in [0.4, 0.5) is 11.5 Å². The van der Waals surface area contributed by atoms with Gasteiger partial charge in [-0.2, -0.15) is 0 Å². The maximum atomic E-state index is 5.48. The molecule has 1 heterocycles. The molecule has 0 atom stereocenters. The fraction of sp³-hybridized carbons (Fsp3) is 0.167. The van der Waals surface area contributed by atoms with Gasteiger partial charge in [0.2, 0.25) is 0 Å². The van der Waals surface area contributed by atoms with E-state index in [9.17, 15) is 0 Å². The summed E-state index contributed by atoms with van der Waals surface area (Å²) in [4.78, 5) is 8.29. The molecule has 1 aromatic heterocycles. The molecule has 0 aliphatic rings. The summed E-state index contributed by atoms with van der Waals surface area (Å²) in [6.45, 7) is 0.327. The summed E-state index contributed by atoms with van der Waals surface area (Å²) in [7, 11) is 1.64. The third-order valence-corrected chi connectivity index (χ3v) is 2.23. The molecule has 0 fully saturated rings. The van der Waals surface area contributed by atoms with Gasteiger partial charge >= 0.3 is 0 Å². The fourth-order valence-electron chi connectivity index (χ4n) is 1.42. The molecule has 0 amide bonds. The molecule has 0 aliphatic carbocycles. The van der Waals surface area contributed by atoms with Crippen molar-refractivity contribution in [2.45, 2.75) is 6.54 Å². The highest BCUT2D eigenvalue weighted by Crippen LogP contribution is 2.19. The van der Waals surface area contributed by atoms with Crippen LogP contribution in [0.15, 0.2) is 36.5 Å². The molecule has 0 saturated heterocycles. The monoisotopic (exact) mass is 230 g/mol. The number of nitrogens with one attached hydrogen (secondary N) is 1. The second-order valence-corrected chi connectivity index (χ2v) is 3.42. The topological polar surface area (TPSA) is 73.1 Å². The van der Waals surface area contributed by atoms with Crippen molar-refractivity contribution >= 4 is 11.5 Å². The minimum absolute atomic E-state index is 0.327. The molecule has 2 aromatic rings. The van der Waals surface area contributed by atoms with Crippen LogP contribution in [-0.2, 0) is 6.54 Å². The lowest BCUT2D eigenvalue weighted by Crippen LogP contribution is -2.04. The lowest BCUT2D eigenvalue weighted by molar-refractivity contribution is 0.415. The third-order valence-electron chi connectivity index (χ3n) is 2.23. The number of aromatic nitrogens is 2. The molecule has 17 heavy (non-hydrogen) atoms. The van der Waals surface area contributed by atoms with Crippen molar-refractivity contribution < 1.29 is 4.74 Å². The Morgan fingerprint density at radius 2 is 2.24 bits per heavy atom. The van der Waals surface area contributed by atoms with E-state index in [-0.39, 0.29) is 0 Å². The Bertz CT molecular complexity index is 456. The number of hydrogen-bond acceptors (Lipinski definition) is 5. The Morgan fingerprint density at radius 1 is 1.35 bits per heavy atom. The van der Waals surface area contributed by atoms with Crippen molar-refractivity contribution in [3.05, 3.63) is 42.4 Å². The van der Waals surface area contributed by atoms with Crippen LogP contribution < -0.4 is 15.8 Å². The molecular weight excluding hydrogens is 216 g/mol. The first kappa shape index (κ1) is 11.3. The van der Waals surface area contributed by atoms with Crippen LogP contribution in [0.2, 0.25) is 0 Å². The summed E-state index contributed by atoms with van der Waals surface area (Å²) >= 11 is 0. The Kier molecular flexibility index (Phi) is 3.52. The largest absolute Gasteiger partial charge is 0.497 e. The summed E-state index contributed by atoms with van der Waals surface area (Å²) in [5.41, 5.74) is 6.39. The zero-order valence-corrected chi connectivity index (χ0v) is 9.55. The minimum Gasteiger partial charge on any atom is -0.497 e. The van der Waals surface area contributed by atoms with Gasteiger partial charge in [0.05, 0.1) is 13.7 Å². The Hall–Kier alpha value is -2.14. The van der Waals surface area contributed by atoms with E-state index in [0.29, 0.717) is 18.2 Å². The van der Waals surface area contributed by atoms with Gasteiger partial charge in [-0.25, -0.2) is 9.97 Å². The molecule has 5 heteroatoms. The van der Waals surface area contributed by atoms with Crippen LogP contribution in [0.5, 0.6) is 5.75 Å². The number of nitrogens with zero attached hydrogens (tertiary/aromatic N) is 2.